The van der Waals surface area contributed by atoms with Gasteiger partial charge in [-0.05, 0) is 38.1 Å². The van der Waals surface area contributed by atoms with Crippen molar-refractivity contribution in [1.82, 2.24) is 10.6 Å². The van der Waals surface area contributed by atoms with Gasteiger partial charge in [0.2, 0.25) is 0 Å². The SMILES string of the molecule is CCCNC(=O)COc1ccc(Cl)cc1C(C)NCC. The van der Waals surface area contributed by atoms with Crippen LogP contribution in [0.15, 0.2) is 18.2 Å². The molecule has 0 saturated heterocycles. The molecule has 20 heavy (non-hydrogen) atoms. The summed E-state index contributed by atoms with van der Waals surface area (Å²) in [6.45, 7) is 7.64. The summed E-state index contributed by atoms with van der Waals surface area (Å²) in [6, 6.07) is 5.56. The summed E-state index contributed by atoms with van der Waals surface area (Å²) in [4.78, 5) is 11.6. The topological polar surface area (TPSA) is 50.4 Å². The molecule has 0 heterocycles. The van der Waals surface area contributed by atoms with Crippen LogP contribution in [0.2, 0.25) is 5.02 Å². The highest BCUT2D eigenvalue weighted by molar-refractivity contribution is 6.30. The van der Waals surface area contributed by atoms with E-state index in [9.17, 15) is 4.79 Å². The predicted molar refractivity (Wildman–Crippen MR) is 82.3 cm³/mol. The van der Waals surface area contributed by atoms with Gasteiger partial charge in [-0.15, -0.1) is 0 Å². The van der Waals surface area contributed by atoms with Crippen LogP contribution in [-0.2, 0) is 4.79 Å². The zero-order valence-electron chi connectivity index (χ0n) is 12.3. The summed E-state index contributed by atoms with van der Waals surface area (Å²) < 4.78 is 5.61. The number of benzene rings is 1. The van der Waals surface area contributed by atoms with Crippen molar-refractivity contribution in [2.24, 2.45) is 0 Å². The van der Waals surface area contributed by atoms with E-state index >= 15 is 0 Å². The van der Waals surface area contributed by atoms with Crippen molar-refractivity contribution in [1.29, 1.82) is 0 Å². The minimum atomic E-state index is -0.108. The number of hydrogen-bond acceptors (Lipinski definition) is 3. The van der Waals surface area contributed by atoms with Gasteiger partial charge >= 0.3 is 0 Å². The largest absolute Gasteiger partial charge is 0.483 e. The summed E-state index contributed by atoms with van der Waals surface area (Å²) in [7, 11) is 0. The monoisotopic (exact) mass is 298 g/mol. The summed E-state index contributed by atoms with van der Waals surface area (Å²) in [5.74, 6) is 0.582. The predicted octanol–water partition coefficient (Wildman–Crippen LogP) is 2.92. The van der Waals surface area contributed by atoms with E-state index in [1.165, 1.54) is 0 Å². The molecule has 0 aromatic heterocycles. The van der Waals surface area contributed by atoms with Crippen molar-refractivity contribution >= 4 is 17.5 Å². The first-order valence-corrected chi connectivity index (χ1v) is 7.38. The Hall–Kier alpha value is -1.26. The molecule has 0 aliphatic rings. The standard InChI is InChI=1S/C15H23ClN2O2/c1-4-8-18-15(19)10-20-14-7-6-12(16)9-13(14)11(3)17-5-2/h6-7,9,11,17H,4-5,8,10H2,1-3H3,(H,18,19). The van der Waals surface area contributed by atoms with E-state index < -0.39 is 0 Å². The number of carbonyl (C=O) groups excluding carboxylic acids is 1. The second-order valence-electron chi connectivity index (χ2n) is 4.60. The Morgan fingerprint density at radius 3 is 2.80 bits per heavy atom. The van der Waals surface area contributed by atoms with Crippen LogP contribution >= 0.6 is 11.6 Å². The van der Waals surface area contributed by atoms with Crippen LogP contribution in [0.5, 0.6) is 5.75 Å². The molecule has 0 aliphatic heterocycles. The molecule has 5 heteroatoms. The first kappa shape index (κ1) is 16.8. The van der Waals surface area contributed by atoms with Crippen LogP contribution in [0.1, 0.15) is 38.8 Å². The fourth-order valence-corrected chi connectivity index (χ4v) is 2.04. The van der Waals surface area contributed by atoms with Gasteiger partial charge in [0, 0.05) is 23.2 Å². The normalized spacial score (nSPS) is 12.0. The molecule has 1 rings (SSSR count). The van der Waals surface area contributed by atoms with Gasteiger partial charge in [-0.2, -0.15) is 0 Å². The van der Waals surface area contributed by atoms with Crippen molar-refractivity contribution in [2.45, 2.75) is 33.2 Å². The molecule has 4 nitrogen and oxygen atoms in total. The van der Waals surface area contributed by atoms with E-state index in [1.54, 1.807) is 12.1 Å². The van der Waals surface area contributed by atoms with E-state index in [2.05, 4.69) is 10.6 Å². The molecule has 0 radical (unpaired) electrons. The van der Waals surface area contributed by atoms with E-state index in [4.69, 9.17) is 16.3 Å². The smallest absolute Gasteiger partial charge is 0.257 e. The molecule has 1 aromatic rings. The van der Waals surface area contributed by atoms with Crippen LogP contribution in [0.4, 0.5) is 0 Å². The van der Waals surface area contributed by atoms with Crippen LogP contribution in [0.25, 0.3) is 0 Å². The Bertz CT molecular complexity index is 438. The Labute approximate surface area is 125 Å². The molecule has 112 valence electrons. The lowest BCUT2D eigenvalue weighted by molar-refractivity contribution is -0.123. The third kappa shape index (κ3) is 5.39. The van der Waals surface area contributed by atoms with Crippen molar-refractivity contribution in [2.75, 3.05) is 19.7 Å². The summed E-state index contributed by atoms with van der Waals surface area (Å²) in [6.07, 6.45) is 0.912. The van der Waals surface area contributed by atoms with Gasteiger partial charge in [0.1, 0.15) is 5.75 Å². The zero-order chi connectivity index (χ0) is 15.0. The number of halogens is 1. The van der Waals surface area contributed by atoms with Crippen molar-refractivity contribution in [3.8, 4) is 5.75 Å². The molecule has 0 fully saturated rings. The Morgan fingerprint density at radius 2 is 2.15 bits per heavy atom. The maximum absolute atomic E-state index is 11.6. The highest BCUT2D eigenvalue weighted by atomic mass is 35.5. The number of carbonyl (C=O) groups is 1. The van der Waals surface area contributed by atoms with Gasteiger partial charge in [0.05, 0.1) is 0 Å². The summed E-state index contributed by atoms with van der Waals surface area (Å²) >= 11 is 6.03. The first-order chi connectivity index (χ1) is 9.58. The highest BCUT2D eigenvalue weighted by Gasteiger charge is 2.12. The second kappa shape index (κ2) is 8.82. The van der Waals surface area contributed by atoms with Crippen LogP contribution in [0.3, 0.4) is 0 Å². The van der Waals surface area contributed by atoms with E-state index in [1.807, 2.05) is 26.8 Å². The number of rotatable bonds is 8. The number of nitrogens with one attached hydrogen (secondary N) is 2. The van der Waals surface area contributed by atoms with Gasteiger partial charge in [-0.3, -0.25) is 4.79 Å². The fraction of sp³-hybridized carbons (Fsp3) is 0.533. The third-order valence-corrected chi connectivity index (χ3v) is 3.11. The van der Waals surface area contributed by atoms with E-state index in [0.717, 1.165) is 18.5 Å². The van der Waals surface area contributed by atoms with Crippen LogP contribution < -0.4 is 15.4 Å². The van der Waals surface area contributed by atoms with Crippen molar-refractivity contribution < 1.29 is 9.53 Å². The number of ether oxygens (including phenoxy) is 1. The fourth-order valence-electron chi connectivity index (χ4n) is 1.86. The van der Waals surface area contributed by atoms with Gasteiger partial charge < -0.3 is 15.4 Å². The molecule has 0 spiro atoms. The molecular formula is C15H23ClN2O2. The molecule has 1 unspecified atom stereocenters. The quantitative estimate of drug-likeness (QED) is 0.776. The number of amides is 1. The van der Waals surface area contributed by atoms with Crippen molar-refractivity contribution in [3.63, 3.8) is 0 Å². The van der Waals surface area contributed by atoms with E-state index in [0.29, 0.717) is 17.3 Å². The van der Waals surface area contributed by atoms with Gasteiger partial charge in [0.15, 0.2) is 6.61 Å². The van der Waals surface area contributed by atoms with Gasteiger partial charge in [-0.25, -0.2) is 0 Å². The second-order valence-corrected chi connectivity index (χ2v) is 5.04. The number of hydrogen-bond donors (Lipinski definition) is 2. The lowest BCUT2D eigenvalue weighted by atomic mass is 10.1. The average molecular weight is 299 g/mol. The molecule has 0 bridgehead atoms. The van der Waals surface area contributed by atoms with Crippen LogP contribution in [-0.4, -0.2) is 25.6 Å². The highest BCUT2D eigenvalue weighted by Crippen LogP contribution is 2.28. The Balaban J connectivity index is 2.71. The summed E-state index contributed by atoms with van der Waals surface area (Å²) in [5.41, 5.74) is 0.961. The molecule has 1 amide bonds. The molecule has 0 saturated carbocycles. The lowest BCUT2D eigenvalue weighted by Gasteiger charge is -2.18. The maximum Gasteiger partial charge on any atom is 0.257 e. The average Bonchev–Trinajstić information content (AvgIpc) is 2.43. The first-order valence-electron chi connectivity index (χ1n) is 7.00. The zero-order valence-corrected chi connectivity index (χ0v) is 13.1. The Kier molecular flexibility index (Phi) is 7.41. The molecular weight excluding hydrogens is 276 g/mol. The Morgan fingerprint density at radius 1 is 1.40 bits per heavy atom. The minimum Gasteiger partial charge on any atom is -0.483 e. The summed E-state index contributed by atoms with van der Waals surface area (Å²) in [5, 5.41) is 6.75. The lowest BCUT2D eigenvalue weighted by Crippen LogP contribution is -2.29. The molecule has 0 aliphatic carbocycles. The van der Waals surface area contributed by atoms with E-state index in [-0.39, 0.29) is 18.6 Å². The molecule has 1 aromatic carbocycles. The van der Waals surface area contributed by atoms with Crippen molar-refractivity contribution in [3.05, 3.63) is 28.8 Å². The van der Waals surface area contributed by atoms with Gasteiger partial charge in [-0.1, -0.05) is 25.4 Å². The van der Waals surface area contributed by atoms with Crippen LogP contribution in [0, 0.1) is 0 Å². The molecule has 2 N–H and O–H groups in total. The maximum atomic E-state index is 11.6. The van der Waals surface area contributed by atoms with Gasteiger partial charge in [0.25, 0.3) is 5.91 Å². The third-order valence-electron chi connectivity index (χ3n) is 2.88. The minimum absolute atomic E-state index is 0.0213. The molecule has 1 atom stereocenters.